The lowest BCUT2D eigenvalue weighted by Crippen LogP contribution is -2.16. The van der Waals surface area contributed by atoms with Crippen LogP contribution in [-0.2, 0) is 4.57 Å². The van der Waals surface area contributed by atoms with E-state index in [-0.39, 0.29) is 0 Å². The third-order valence-corrected chi connectivity index (χ3v) is 6.48. The van der Waals surface area contributed by atoms with Crippen molar-refractivity contribution in [1.82, 2.24) is 0 Å². The molecule has 3 aromatic carbocycles. The summed E-state index contributed by atoms with van der Waals surface area (Å²) in [6, 6.07) is 17.3. The molecule has 0 aliphatic heterocycles. The molecule has 0 unspecified atom stereocenters. The molecule has 3 aromatic rings. The molecular weight excluding hydrogens is 367 g/mol. The van der Waals surface area contributed by atoms with Crippen LogP contribution in [0.15, 0.2) is 54.6 Å². The number of rotatable bonds is 5. The molecule has 0 radical (unpaired) electrons. The molecule has 0 N–H and O–H groups in total. The second kappa shape index (κ2) is 7.85. The van der Waals surface area contributed by atoms with E-state index in [1.807, 2.05) is 84.0 Å². The maximum atomic E-state index is 14.1. The van der Waals surface area contributed by atoms with E-state index in [1.165, 1.54) is 0 Å². The van der Waals surface area contributed by atoms with E-state index < -0.39 is 7.60 Å². The van der Waals surface area contributed by atoms with Crippen LogP contribution in [0.25, 0.3) is 0 Å². The molecule has 0 saturated heterocycles. The molecule has 0 saturated carbocycles. The minimum Gasteiger partial charge on any atom is -0.412 e. The normalized spacial score (nSPS) is 11.4. The summed E-state index contributed by atoms with van der Waals surface area (Å²) in [5, 5.41) is 0.536. The fourth-order valence-corrected chi connectivity index (χ4v) is 5.44. The molecule has 146 valence electrons. The Hall–Kier alpha value is -2.51. The predicted octanol–water partition coefficient (Wildman–Crippen LogP) is 6.51. The largest absolute Gasteiger partial charge is 0.462 e. The lowest BCUT2D eigenvalue weighted by atomic mass is 10.1. The molecular formula is C24H27O3P. The van der Waals surface area contributed by atoms with Crippen LogP contribution in [-0.4, -0.2) is 0 Å². The van der Waals surface area contributed by atoms with Crippen molar-refractivity contribution >= 4 is 12.9 Å². The summed E-state index contributed by atoms with van der Waals surface area (Å²) < 4.78 is 26.5. The van der Waals surface area contributed by atoms with E-state index in [4.69, 9.17) is 9.05 Å². The Morgan fingerprint density at radius 1 is 0.607 bits per heavy atom. The minimum atomic E-state index is -3.65. The summed E-state index contributed by atoms with van der Waals surface area (Å²) in [6.07, 6.45) is 0. The van der Waals surface area contributed by atoms with Crippen LogP contribution in [0.3, 0.4) is 0 Å². The summed E-state index contributed by atoms with van der Waals surface area (Å²) in [7, 11) is -3.65. The van der Waals surface area contributed by atoms with Gasteiger partial charge in [-0.05, 0) is 75.9 Å². The van der Waals surface area contributed by atoms with Gasteiger partial charge in [-0.15, -0.1) is 0 Å². The van der Waals surface area contributed by atoms with E-state index in [0.29, 0.717) is 16.8 Å². The van der Waals surface area contributed by atoms with Gasteiger partial charge in [-0.3, -0.25) is 0 Å². The van der Waals surface area contributed by atoms with Gasteiger partial charge in [0.15, 0.2) is 0 Å². The number of benzene rings is 3. The molecule has 0 spiro atoms. The second-order valence-corrected chi connectivity index (χ2v) is 9.35. The van der Waals surface area contributed by atoms with Crippen LogP contribution in [0.2, 0.25) is 0 Å². The average molecular weight is 394 g/mol. The van der Waals surface area contributed by atoms with Crippen LogP contribution in [0, 0.1) is 41.5 Å². The van der Waals surface area contributed by atoms with Gasteiger partial charge in [0.2, 0.25) is 0 Å². The standard InChI is InChI=1S/C24H27O3P/c1-16-12-18(3)23(19(4)13-16)26-28(25,22-10-8-7-9-11-22)27-24-20(5)14-17(2)15-21(24)6/h7-15H,1-6H3. The van der Waals surface area contributed by atoms with Crippen molar-refractivity contribution in [3.05, 3.63) is 88.0 Å². The Morgan fingerprint density at radius 3 is 1.32 bits per heavy atom. The van der Waals surface area contributed by atoms with Crippen molar-refractivity contribution in [1.29, 1.82) is 0 Å². The van der Waals surface area contributed by atoms with E-state index >= 15 is 0 Å². The second-order valence-electron chi connectivity index (χ2n) is 7.47. The molecule has 4 heteroatoms. The quantitative estimate of drug-likeness (QED) is 0.463. The lowest BCUT2D eigenvalue weighted by Gasteiger charge is -2.24. The Balaban J connectivity index is 2.12. The molecule has 0 atom stereocenters. The van der Waals surface area contributed by atoms with Crippen molar-refractivity contribution in [2.45, 2.75) is 41.5 Å². The monoisotopic (exact) mass is 394 g/mol. The fourth-order valence-electron chi connectivity index (χ4n) is 3.60. The highest BCUT2D eigenvalue weighted by atomic mass is 31.2. The highest BCUT2D eigenvalue weighted by Crippen LogP contribution is 2.50. The molecule has 0 aliphatic carbocycles. The zero-order chi connectivity index (χ0) is 20.5. The first-order valence-electron chi connectivity index (χ1n) is 9.40. The highest BCUT2D eigenvalue weighted by molar-refractivity contribution is 7.63. The summed E-state index contributed by atoms with van der Waals surface area (Å²) in [4.78, 5) is 0. The maximum absolute atomic E-state index is 14.1. The third kappa shape index (κ3) is 4.15. The van der Waals surface area contributed by atoms with E-state index in [2.05, 4.69) is 0 Å². The van der Waals surface area contributed by atoms with Gasteiger partial charge in [-0.2, -0.15) is 0 Å². The van der Waals surface area contributed by atoms with Crippen LogP contribution in [0.1, 0.15) is 33.4 Å². The lowest BCUT2D eigenvalue weighted by molar-refractivity contribution is 0.394. The van der Waals surface area contributed by atoms with Crippen molar-refractivity contribution in [2.75, 3.05) is 0 Å². The van der Waals surface area contributed by atoms with Gasteiger partial charge in [-0.1, -0.05) is 53.6 Å². The SMILES string of the molecule is Cc1cc(C)c(OP(=O)(Oc2c(C)cc(C)cc2C)c2ccccc2)c(C)c1. The van der Waals surface area contributed by atoms with Crippen LogP contribution in [0.4, 0.5) is 0 Å². The zero-order valence-corrected chi connectivity index (χ0v) is 18.3. The van der Waals surface area contributed by atoms with Gasteiger partial charge in [0.1, 0.15) is 11.5 Å². The van der Waals surface area contributed by atoms with Gasteiger partial charge < -0.3 is 9.05 Å². The molecule has 0 heterocycles. The number of hydrogen-bond acceptors (Lipinski definition) is 3. The van der Waals surface area contributed by atoms with Gasteiger partial charge in [0, 0.05) is 0 Å². The van der Waals surface area contributed by atoms with E-state index in [1.54, 1.807) is 12.1 Å². The van der Waals surface area contributed by atoms with Crippen LogP contribution in [0.5, 0.6) is 11.5 Å². The molecule has 0 fully saturated rings. The number of aryl methyl sites for hydroxylation is 6. The van der Waals surface area contributed by atoms with Crippen LogP contribution < -0.4 is 14.4 Å². The molecule has 3 rings (SSSR count). The van der Waals surface area contributed by atoms with E-state index in [0.717, 1.165) is 33.4 Å². The van der Waals surface area contributed by atoms with Gasteiger partial charge in [0.25, 0.3) is 0 Å². The van der Waals surface area contributed by atoms with Crippen molar-refractivity contribution in [3.63, 3.8) is 0 Å². The molecule has 0 aliphatic rings. The first kappa shape index (κ1) is 20.2. The first-order valence-corrected chi connectivity index (χ1v) is 10.9. The molecule has 3 nitrogen and oxygen atoms in total. The van der Waals surface area contributed by atoms with Crippen molar-refractivity contribution in [2.24, 2.45) is 0 Å². The molecule has 0 amide bonds. The first-order chi connectivity index (χ1) is 13.2. The Bertz CT molecular complexity index is 945. The minimum absolute atomic E-state index is 0.536. The fraction of sp³-hybridized carbons (Fsp3) is 0.250. The Labute approximate surface area is 167 Å². The average Bonchev–Trinajstić information content (AvgIpc) is 2.62. The topological polar surface area (TPSA) is 35.5 Å². The Morgan fingerprint density at radius 2 is 0.964 bits per heavy atom. The summed E-state index contributed by atoms with van der Waals surface area (Å²) in [5.74, 6) is 1.22. The van der Waals surface area contributed by atoms with E-state index in [9.17, 15) is 4.57 Å². The number of hydrogen-bond donors (Lipinski definition) is 0. The summed E-state index contributed by atoms with van der Waals surface area (Å²) in [5.41, 5.74) is 6.04. The van der Waals surface area contributed by atoms with Gasteiger partial charge >= 0.3 is 7.60 Å². The predicted molar refractivity (Wildman–Crippen MR) is 116 cm³/mol. The van der Waals surface area contributed by atoms with Crippen molar-refractivity contribution < 1.29 is 13.6 Å². The smallest absolute Gasteiger partial charge is 0.412 e. The third-order valence-electron chi connectivity index (χ3n) is 4.70. The van der Waals surface area contributed by atoms with Gasteiger partial charge in [0.05, 0.1) is 5.30 Å². The Kier molecular flexibility index (Phi) is 5.67. The molecule has 28 heavy (non-hydrogen) atoms. The summed E-state index contributed by atoms with van der Waals surface area (Å²) in [6.45, 7) is 11.9. The highest BCUT2D eigenvalue weighted by Gasteiger charge is 2.33. The van der Waals surface area contributed by atoms with Crippen molar-refractivity contribution in [3.8, 4) is 11.5 Å². The zero-order valence-electron chi connectivity index (χ0n) is 17.4. The van der Waals surface area contributed by atoms with Gasteiger partial charge in [-0.25, -0.2) is 4.57 Å². The van der Waals surface area contributed by atoms with Crippen LogP contribution >= 0.6 is 7.60 Å². The maximum Gasteiger partial charge on any atom is 0.462 e. The molecule has 0 bridgehead atoms. The summed E-state index contributed by atoms with van der Waals surface area (Å²) >= 11 is 0. The molecule has 0 aromatic heterocycles.